The van der Waals surface area contributed by atoms with Crippen LogP contribution >= 0.6 is 0 Å². The van der Waals surface area contributed by atoms with Gasteiger partial charge in [0, 0.05) is 23.3 Å². The van der Waals surface area contributed by atoms with Crippen molar-refractivity contribution in [2.24, 2.45) is 0 Å². The van der Waals surface area contributed by atoms with E-state index in [1.807, 2.05) is 0 Å². The molecule has 1 heterocycles. The Labute approximate surface area is 222 Å². The molecule has 0 saturated heterocycles. The number of carbonyl (C=O) groups excluding carboxylic acids is 4. The fraction of sp³-hybridized carbons (Fsp3) is 0.0667. The third-order valence-electron chi connectivity index (χ3n) is 6.41. The average molecular weight is 520 g/mol. The summed E-state index contributed by atoms with van der Waals surface area (Å²) in [6, 6.07) is 24.2. The van der Waals surface area contributed by atoms with Crippen LogP contribution in [0.4, 0.5) is 11.4 Å². The van der Waals surface area contributed by atoms with Gasteiger partial charge in [-0.3, -0.25) is 24.5 Å². The van der Waals surface area contributed by atoms with Gasteiger partial charge in [-0.05, 0) is 48.9 Å². The van der Waals surface area contributed by atoms with Crippen LogP contribution in [0.5, 0.6) is 0 Å². The molecular formula is C30H20N2O7. The molecule has 4 aromatic carbocycles. The largest absolute Gasteiger partial charge is 0.445 e. The molecule has 0 radical (unpaired) electrons. The molecule has 0 aliphatic carbocycles. The first kappa shape index (κ1) is 25.2. The third-order valence-corrected chi connectivity index (χ3v) is 6.41. The third kappa shape index (κ3) is 4.69. The number of non-ortho nitro benzene ring substituents is 1. The number of anilines is 1. The van der Waals surface area contributed by atoms with E-state index >= 15 is 0 Å². The Balaban J connectivity index is 1.48. The second kappa shape index (κ2) is 10.1. The number of carbonyl (C=O) groups is 4. The van der Waals surface area contributed by atoms with Gasteiger partial charge in [0.05, 0.1) is 27.3 Å². The average Bonchev–Trinajstić information content (AvgIpc) is 3.21. The SMILES string of the molecule is Cc1ccc(C(=O)O[C@H](C(=O)c2ccccc2)c2ccc([N+](=O)[O-])cc2)cc1N1C(=O)c2ccccc2C1=O. The van der Waals surface area contributed by atoms with E-state index in [9.17, 15) is 29.3 Å². The maximum atomic E-state index is 13.4. The van der Waals surface area contributed by atoms with Crippen molar-refractivity contribution in [3.05, 3.63) is 141 Å². The molecule has 2 amide bonds. The molecule has 1 aliphatic heterocycles. The molecule has 192 valence electrons. The Morgan fingerprint density at radius 3 is 1.97 bits per heavy atom. The van der Waals surface area contributed by atoms with Gasteiger partial charge < -0.3 is 4.74 Å². The number of aryl methyl sites for hydroxylation is 1. The lowest BCUT2D eigenvalue weighted by Crippen LogP contribution is -2.30. The summed E-state index contributed by atoms with van der Waals surface area (Å²) < 4.78 is 5.67. The van der Waals surface area contributed by atoms with Crippen LogP contribution in [0.15, 0.2) is 97.1 Å². The maximum Gasteiger partial charge on any atom is 0.339 e. The summed E-state index contributed by atoms with van der Waals surface area (Å²) in [5.74, 6) is -2.41. The Bertz CT molecular complexity index is 1610. The van der Waals surface area contributed by atoms with Crippen molar-refractivity contribution in [1.82, 2.24) is 0 Å². The van der Waals surface area contributed by atoms with Crippen LogP contribution in [0.25, 0.3) is 0 Å². The molecule has 0 bridgehead atoms. The first-order chi connectivity index (χ1) is 18.8. The number of fused-ring (bicyclic) bond motifs is 1. The fourth-order valence-corrected chi connectivity index (χ4v) is 4.36. The van der Waals surface area contributed by atoms with E-state index in [0.717, 1.165) is 4.90 Å². The second-order valence-corrected chi connectivity index (χ2v) is 8.86. The highest BCUT2D eigenvalue weighted by molar-refractivity contribution is 6.34. The monoisotopic (exact) mass is 520 g/mol. The van der Waals surface area contributed by atoms with Gasteiger partial charge in [-0.1, -0.05) is 48.5 Å². The van der Waals surface area contributed by atoms with Crippen LogP contribution < -0.4 is 4.90 Å². The molecule has 0 saturated carbocycles. The quantitative estimate of drug-likeness (QED) is 0.104. The Morgan fingerprint density at radius 1 is 0.795 bits per heavy atom. The summed E-state index contributed by atoms with van der Waals surface area (Å²) in [6.07, 6.45) is -1.40. The number of esters is 1. The number of amides is 2. The molecule has 5 rings (SSSR count). The Kier molecular flexibility index (Phi) is 6.56. The predicted molar refractivity (Wildman–Crippen MR) is 141 cm³/mol. The number of nitro groups is 1. The van der Waals surface area contributed by atoms with Crippen molar-refractivity contribution in [2.75, 3.05) is 4.90 Å². The number of nitro benzene ring substituents is 1. The lowest BCUT2D eigenvalue weighted by Gasteiger charge is -2.20. The number of benzene rings is 4. The minimum atomic E-state index is -1.40. The van der Waals surface area contributed by atoms with Crippen molar-refractivity contribution in [2.45, 2.75) is 13.0 Å². The number of imide groups is 1. The van der Waals surface area contributed by atoms with Crippen LogP contribution in [0.3, 0.4) is 0 Å². The lowest BCUT2D eigenvalue weighted by molar-refractivity contribution is -0.384. The molecule has 0 unspecified atom stereocenters. The first-order valence-electron chi connectivity index (χ1n) is 11.9. The van der Waals surface area contributed by atoms with Crippen LogP contribution in [0.1, 0.15) is 58.7 Å². The summed E-state index contributed by atoms with van der Waals surface area (Å²) in [6.45, 7) is 1.70. The predicted octanol–water partition coefficient (Wildman–Crippen LogP) is 5.48. The maximum absolute atomic E-state index is 13.4. The molecule has 4 aromatic rings. The molecule has 9 nitrogen and oxygen atoms in total. The van der Waals surface area contributed by atoms with Crippen molar-refractivity contribution in [1.29, 1.82) is 0 Å². The number of Topliss-reactive ketones (excluding diaryl/α,β-unsaturated/α-hetero) is 1. The second-order valence-electron chi connectivity index (χ2n) is 8.86. The molecule has 9 heteroatoms. The summed E-state index contributed by atoms with van der Waals surface area (Å²) >= 11 is 0. The zero-order chi connectivity index (χ0) is 27.7. The highest BCUT2D eigenvalue weighted by Gasteiger charge is 2.37. The molecular weight excluding hydrogens is 500 g/mol. The smallest absolute Gasteiger partial charge is 0.339 e. The normalized spacial score (nSPS) is 13.1. The summed E-state index contributed by atoms with van der Waals surface area (Å²) in [5.41, 5.74) is 1.69. The number of hydrogen-bond acceptors (Lipinski definition) is 7. The van der Waals surface area contributed by atoms with Crippen LogP contribution in [0.2, 0.25) is 0 Å². The van der Waals surface area contributed by atoms with Gasteiger partial charge in [0.2, 0.25) is 5.78 Å². The van der Waals surface area contributed by atoms with Gasteiger partial charge in [0.25, 0.3) is 17.5 Å². The number of ketones is 1. The molecule has 39 heavy (non-hydrogen) atoms. The molecule has 0 fully saturated rings. The van der Waals surface area contributed by atoms with E-state index in [4.69, 9.17) is 4.74 Å². The summed E-state index contributed by atoms with van der Waals surface area (Å²) in [7, 11) is 0. The molecule has 1 aliphatic rings. The molecule has 0 N–H and O–H groups in total. The van der Waals surface area contributed by atoms with E-state index < -0.39 is 34.6 Å². The fourth-order valence-electron chi connectivity index (χ4n) is 4.36. The standard InChI is InChI=1S/C30H20N2O7/c1-18-11-12-21(17-25(18)31-28(34)23-9-5-6-10-24(23)29(31)35)30(36)39-27(26(33)19-7-3-2-4-8-19)20-13-15-22(16-14-20)32(37)38/h2-17,27H,1H3/t27-/m0/s1. The highest BCUT2D eigenvalue weighted by Crippen LogP contribution is 2.32. The molecule has 1 atom stereocenters. The zero-order valence-electron chi connectivity index (χ0n) is 20.6. The number of rotatable bonds is 7. The minimum Gasteiger partial charge on any atom is -0.445 e. The number of ether oxygens (including phenoxy) is 1. The zero-order valence-corrected chi connectivity index (χ0v) is 20.6. The van der Waals surface area contributed by atoms with Gasteiger partial charge in [0.1, 0.15) is 0 Å². The van der Waals surface area contributed by atoms with E-state index in [-0.39, 0.29) is 39.2 Å². The van der Waals surface area contributed by atoms with Crippen molar-refractivity contribution in [3.8, 4) is 0 Å². The van der Waals surface area contributed by atoms with Crippen LogP contribution in [0, 0.1) is 17.0 Å². The number of nitrogens with zero attached hydrogens (tertiary/aromatic N) is 2. The Morgan fingerprint density at radius 2 is 1.38 bits per heavy atom. The van der Waals surface area contributed by atoms with Crippen molar-refractivity contribution in [3.63, 3.8) is 0 Å². The van der Waals surface area contributed by atoms with Gasteiger partial charge in [0.15, 0.2) is 6.10 Å². The first-order valence-corrected chi connectivity index (χ1v) is 11.9. The number of hydrogen-bond donors (Lipinski definition) is 0. The summed E-state index contributed by atoms with van der Waals surface area (Å²) in [5, 5.41) is 11.1. The Hall–Kier alpha value is -5.44. The van der Waals surface area contributed by atoms with Gasteiger partial charge in [-0.25, -0.2) is 9.69 Å². The van der Waals surface area contributed by atoms with E-state index in [1.54, 1.807) is 67.6 Å². The van der Waals surface area contributed by atoms with Crippen LogP contribution in [-0.2, 0) is 4.74 Å². The summed E-state index contributed by atoms with van der Waals surface area (Å²) in [4.78, 5) is 64.3. The van der Waals surface area contributed by atoms with Gasteiger partial charge >= 0.3 is 5.97 Å². The lowest BCUT2D eigenvalue weighted by atomic mass is 9.99. The van der Waals surface area contributed by atoms with E-state index in [0.29, 0.717) is 5.56 Å². The minimum absolute atomic E-state index is 0.0138. The van der Waals surface area contributed by atoms with Gasteiger partial charge in [-0.2, -0.15) is 0 Å². The van der Waals surface area contributed by atoms with E-state index in [2.05, 4.69) is 0 Å². The van der Waals surface area contributed by atoms with Crippen molar-refractivity contribution >= 4 is 34.9 Å². The molecule has 0 aromatic heterocycles. The molecule has 0 spiro atoms. The topological polar surface area (TPSA) is 124 Å². The highest BCUT2D eigenvalue weighted by atomic mass is 16.6. The van der Waals surface area contributed by atoms with Crippen molar-refractivity contribution < 1.29 is 28.8 Å². The van der Waals surface area contributed by atoms with E-state index in [1.165, 1.54) is 36.4 Å². The van der Waals surface area contributed by atoms with Gasteiger partial charge in [-0.15, -0.1) is 0 Å². The van der Waals surface area contributed by atoms with Crippen LogP contribution in [-0.4, -0.2) is 28.5 Å².